The summed E-state index contributed by atoms with van der Waals surface area (Å²) in [5.41, 5.74) is -2.51. The number of ether oxygens (including phenoxy) is 2. The highest BCUT2D eigenvalue weighted by atomic mass is 19.2. The predicted molar refractivity (Wildman–Crippen MR) is 97.2 cm³/mol. The molecule has 0 radical (unpaired) electrons. The summed E-state index contributed by atoms with van der Waals surface area (Å²) in [6, 6.07) is 9.10. The van der Waals surface area contributed by atoms with Crippen molar-refractivity contribution in [2.75, 3.05) is 27.3 Å². The maximum atomic E-state index is 14.8. The minimum Gasteiger partial charge on any atom is -0.469 e. The lowest BCUT2D eigenvalue weighted by Gasteiger charge is -2.31. The van der Waals surface area contributed by atoms with E-state index in [0.29, 0.717) is 0 Å². The van der Waals surface area contributed by atoms with Crippen molar-refractivity contribution < 1.29 is 36.6 Å². The molecule has 0 bridgehead atoms. The second-order valence-electron chi connectivity index (χ2n) is 7.04. The van der Waals surface area contributed by atoms with Gasteiger partial charge in [0, 0.05) is 31.3 Å². The van der Waals surface area contributed by atoms with Crippen molar-refractivity contribution in [1.29, 1.82) is 0 Å². The molecule has 2 unspecified atom stereocenters. The lowest BCUT2D eigenvalue weighted by molar-refractivity contribution is -0.157. The molecule has 30 heavy (non-hydrogen) atoms. The molecule has 1 heterocycles. The molecule has 5 nitrogen and oxygen atoms in total. The van der Waals surface area contributed by atoms with Crippen molar-refractivity contribution >= 4 is 11.9 Å². The van der Waals surface area contributed by atoms with Crippen LogP contribution in [-0.4, -0.2) is 44.1 Å². The zero-order chi connectivity index (χ0) is 22.1. The molecule has 160 valence electrons. The van der Waals surface area contributed by atoms with Crippen LogP contribution in [0.25, 0.3) is 0 Å². The van der Waals surface area contributed by atoms with Crippen LogP contribution in [0.1, 0.15) is 11.1 Å². The van der Waals surface area contributed by atoms with Gasteiger partial charge in [-0.1, -0.05) is 30.3 Å². The number of esters is 2. The second kappa shape index (κ2) is 8.43. The number of benzene rings is 2. The van der Waals surface area contributed by atoms with E-state index in [2.05, 4.69) is 0 Å². The zero-order valence-electron chi connectivity index (χ0n) is 16.3. The summed E-state index contributed by atoms with van der Waals surface area (Å²) in [7, 11) is 2.04. The molecule has 3 rings (SSSR count). The monoisotopic (exact) mass is 425 g/mol. The van der Waals surface area contributed by atoms with Crippen LogP contribution in [0.2, 0.25) is 0 Å². The average molecular weight is 425 g/mol. The first kappa shape index (κ1) is 21.8. The topological polar surface area (TPSA) is 55.8 Å². The third-order valence-electron chi connectivity index (χ3n) is 5.35. The number of nitrogens with zero attached hydrogens (tertiary/aromatic N) is 1. The van der Waals surface area contributed by atoms with Gasteiger partial charge in [-0.2, -0.15) is 0 Å². The Bertz CT molecular complexity index is 969. The molecule has 1 aliphatic rings. The first-order chi connectivity index (χ1) is 14.3. The molecule has 0 spiro atoms. The smallest absolute Gasteiger partial charge is 0.318 e. The van der Waals surface area contributed by atoms with Crippen molar-refractivity contribution in [2.24, 2.45) is 5.92 Å². The normalized spacial score (nSPS) is 21.5. The fourth-order valence-electron chi connectivity index (χ4n) is 4.04. The third kappa shape index (κ3) is 3.54. The Hall–Kier alpha value is -2.94. The quantitative estimate of drug-likeness (QED) is 0.319. The molecule has 0 N–H and O–H groups in total. The van der Waals surface area contributed by atoms with Crippen molar-refractivity contribution in [2.45, 2.75) is 12.0 Å². The molecule has 0 aliphatic carbocycles. The van der Waals surface area contributed by atoms with E-state index in [0.717, 1.165) is 19.8 Å². The van der Waals surface area contributed by atoms with Gasteiger partial charge in [-0.15, -0.1) is 0 Å². The molecule has 1 aliphatic heterocycles. The van der Waals surface area contributed by atoms with Gasteiger partial charge in [0.2, 0.25) is 0 Å². The minimum atomic E-state index is -2.26. The maximum Gasteiger partial charge on any atom is 0.318 e. The fourth-order valence-corrected chi connectivity index (χ4v) is 4.04. The van der Waals surface area contributed by atoms with Crippen molar-refractivity contribution in [3.05, 3.63) is 70.8 Å². The van der Waals surface area contributed by atoms with Crippen LogP contribution in [0.5, 0.6) is 0 Å². The van der Waals surface area contributed by atoms with Gasteiger partial charge in [-0.3, -0.25) is 14.5 Å². The number of carbonyl (C=O) groups is 2. The van der Waals surface area contributed by atoms with Crippen molar-refractivity contribution in [3.63, 3.8) is 0 Å². The van der Waals surface area contributed by atoms with Gasteiger partial charge in [0.1, 0.15) is 11.2 Å². The SMILES string of the molecule is COC(=O)C1CN(Cc2ccccc2)CC1(C(=O)OC)c1c(F)cc(F)c(F)c1F. The van der Waals surface area contributed by atoms with Crippen molar-refractivity contribution in [1.82, 2.24) is 4.90 Å². The second-order valence-corrected chi connectivity index (χ2v) is 7.04. The summed E-state index contributed by atoms with van der Waals surface area (Å²) in [4.78, 5) is 27.0. The summed E-state index contributed by atoms with van der Waals surface area (Å²) in [6.07, 6.45) is 0. The lowest BCUT2D eigenvalue weighted by Crippen LogP contribution is -2.49. The summed E-state index contributed by atoms with van der Waals surface area (Å²) in [5.74, 6) is -10.6. The highest BCUT2D eigenvalue weighted by molar-refractivity contribution is 5.92. The van der Waals surface area contributed by atoms with Crippen LogP contribution < -0.4 is 0 Å². The van der Waals surface area contributed by atoms with E-state index in [-0.39, 0.29) is 25.7 Å². The minimum absolute atomic E-state index is 0.117. The maximum absolute atomic E-state index is 14.8. The van der Waals surface area contributed by atoms with Crippen LogP contribution in [0.4, 0.5) is 17.6 Å². The number of rotatable bonds is 5. The third-order valence-corrected chi connectivity index (χ3v) is 5.35. The molecule has 0 amide bonds. The van der Waals surface area contributed by atoms with Crippen LogP contribution in [0.3, 0.4) is 0 Å². The number of hydrogen-bond acceptors (Lipinski definition) is 5. The van der Waals surface area contributed by atoms with E-state index in [9.17, 15) is 27.2 Å². The van der Waals surface area contributed by atoms with Gasteiger partial charge in [-0.05, 0) is 5.56 Å². The van der Waals surface area contributed by atoms with Gasteiger partial charge in [0.15, 0.2) is 17.5 Å². The molecule has 9 heteroatoms. The van der Waals surface area contributed by atoms with E-state index < -0.39 is 52.1 Å². The van der Waals surface area contributed by atoms with Gasteiger partial charge < -0.3 is 9.47 Å². The van der Waals surface area contributed by atoms with Gasteiger partial charge in [0.25, 0.3) is 0 Å². The molecule has 1 saturated heterocycles. The van der Waals surface area contributed by atoms with E-state index in [1.807, 2.05) is 0 Å². The molecule has 2 aromatic carbocycles. The molecular weight excluding hydrogens is 406 g/mol. The molecular formula is C21H19F4NO4. The average Bonchev–Trinajstić information content (AvgIpc) is 3.11. The van der Waals surface area contributed by atoms with Gasteiger partial charge in [-0.25, -0.2) is 17.6 Å². The molecule has 0 aromatic heterocycles. The van der Waals surface area contributed by atoms with Crippen LogP contribution >= 0.6 is 0 Å². The number of likely N-dealkylation sites (tertiary alicyclic amines) is 1. The summed E-state index contributed by atoms with van der Waals surface area (Å²) in [5, 5.41) is 0. The fraction of sp³-hybridized carbons (Fsp3) is 0.333. The molecule has 2 atom stereocenters. The highest BCUT2D eigenvalue weighted by Crippen LogP contribution is 2.44. The number of halogens is 4. The highest BCUT2D eigenvalue weighted by Gasteiger charge is 2.60. The van der Waals surface area contributed by atoms with E-state index >= 15 is 0 Å². The Balaban J connectivity index is 2.18. The number of carbonyl (C=O) groups excluding carboxylic acids is 2. The summed E-state index contributed by atoms with van der Waals surface area (Å²) in [6.45, 7) is -0.248. The Kier molecular flexibility index (Phi) is 6.12. The Morgan fingerprint density at radius 2 is 1.70 bits per heavy atom. The first-order valence-corrected chi connectivity index (χ1v) is 9.02. The molecule has 2 aromatic rings. The Labute approximate surface area is 170 Å². The Morgan fingerprint density at radius 3 is 2.30 bits per heavy atom. The van der Waals surface area contributed by atoms with Crippen molar-refractivity contribution in [3.8, 4) is 0 Å². The van der Waals surface area contributed by atoms with Gasteiger partial charge in [0.05, 0.1) is 20.1 Å². The zero-order valence-corrected chi connectivity index (χ0v) is 16.3. The first-order valence-electron chi connectivity index (χ1n) is 9.02. The van der Waals surface area contributed by atoms with E-state index in [4.69, 9.17) is 9.47 Å². The Morgan fingerprint density at radius 1 is 1.03 bits per heavy atom. The summed E-state index contributed by atoms with van der Waals surface area (Å²) >= 11 is 0. The lowest BCUT2D eigenvalue weighted by atomic mass is 9.71. The number of methoxy groups -OCH3 is 2. The summed E-state index contributed by atoms with van der Waals surface area (Å²) < 4.78 is 66.6. The standard InChI is InChI=1S/C21H19F4NO4/c1-29-19(27)13-10-26(9-12-6-4-3-5-7-12)11-21(13,20(28)30-2)16-14(22)8-15(23)17(24)18(16)25/h3-8,13H,9-11H2,1-2H3. The van der Waals surface area contributed by atoms with E-state index in [1.165, 1.54) is 0 Å². The van der Waals surface area contributed by atoms with Gasteiger partial charge >= 0.3 is 11.9 Å². The van der Waals surface area contributed by atoms with Crippen LogP contribution in [-0.2, 0) is 31.0 Å². The largest absolute Gasteiger partial charge is 0.469 e. The van der Waals surface area contributed by atoms with Crippen LogP contribution in [0, 0.1) is 29.2 Å². The predicted octanol–water partition coefficient (Wildman–Crippen LogP) is 2.96. The molecule has 0 saturated carbocycles. The molecule has 1 fully saturated rings. The van der Waals surface area contributed by atoms with Crippen LogP contribution in [0.15, 0.2) is 36.4 Å². The van der Waals surface area contributed by atoms with E-state index in [1.54, 1.807) is 35.2 Å². The number of hydrogen-bond donors (Lipinski definition) is 0.